The SMILES string of the molecule is C[Si](C)(C)CC(SCCN)C(=O)c1ccco1. The lowest BCUT2D eigenvalue weighted by Crippen LogP contribution is -2.30. The molecule has 1 unspecified atom stereocenters. The first-order chi connectivity index (χ1) is 7.94. The minimum absolute atomic E-state index is 0.00336. The Bertz CT molecular complexity index is 346. The van der Waals surface area contributed by atoms with Crippen LogP contribution in [0.4, 0.5) is 0 Å². The van der Waals surface area contributed by atoms with Crippen molar-refractivity contribution in [1.29, 1.82) is 0 Å². The number of carbonyl (C=O) groups is 1. The van der Waals surface area contributed by atoms with Gasteiger partial charge in [0, 0.05) is 20.4 Å². The smallest absolute Gasteiger partial charge is 0.210 e. The lowest BCUT2D eigenvalue weighted by Gasteiger charge is -2.22. The molecule has 0 spiro atoms. The largest absolute Gasteiger partial charge is 0.461 e. The van der Waals surface area contributed by atoms with E-state index in [0.29, 0.717) is 12.3 Å². The number of carbonyl (C=O) groups excluding carboxylic acids is 1. The van der Waals surface area contributed by atoms with Crippen LogP contribution in [-0.2, 0) is 0 Å². The van der Waals surface area contributed by atoms with Crippen LogP contribution in [0, 0.1) is 0 Å². The van der Waals surface area contributed by atoms with Gasteiger partial charge in [-0.2, -0.15) is 0 Å². The van der Waals surface area contributed by atoms with E-state index in [1.165, 1.54) is 0 Å². The Morgan fingerprint density at radius 3 is 2.71 bits per heavy atom. The van der Waals surface area contributed by atoms with E-state index in [1.54, 1.807) is 30.2 Å². The van der Waals surface area contributed by atoms with Crippen molar-refractivity contribution in [1.82, 2.24) is 0 Å². The highest BCUT2D eigenvalue weighted by Crippen LogP contribution is 2.25. The molecule has 1 rings (SSSR count). The quantitative estimate of drug-likeness (QED) is 0.612. The summed E-state index contributed by atoms with van der Waals surface area (Å²) >= 11 is 1.65. The molecule has 1 atom stereocenters. The fraction of sp³-hybridized carbons (Fsp3) is 0.583. The van der Waals surface area contributed by atoms with Gasteiger partial charge >= 0.3 is 0 Å². The molecule has 0 amide bonds. The van der Waals surface area contributed by atoms with Crippen molar-refractivity contribution < 1.29 is 9.21 Å². The number of rotatable bonds is 7. The summed E-state index contributed by atoms with van der Waals surface area (Å²) in [7, 11) is -1.27. The molecular weight excluding hydrogens is 250 g/mol. The molecule has 1 aromatic rings. The molecule has 0 aliphatic heterocycles. The lowest BCUT2D eigenvalue weighted by molar-refractivity contribution is 0.0967. The van der Waals surface area contributed by atoms with Crippen molar-refractivity contribution in [2.75, 3.05) is 12.3 Å². The van der Waals surface area contributed by atoms with Crippen molar-refractivity contribution in [3.63, 3.8) is 0 Å². The summed E-state index contributed by atoms with van der Waals surface area (Å²) in [5.74, 6) is 1.40. The Hall–Kier alpha value is -0.523. The van der Waals surface area contributed by atoms with Gasteiger partial charge in [-0.05, 0) is 18.2 Å². The molecule has 2 N–H and O–H groups in total. The maximum Gasteiger partial charge on any atom is 0.210 e. The zero-order valence-electron chi connectivity index (χ0n) is 10.7. The van der Waals surface area contributed by atoms with Crippen LogP contribution in [0.5, 0.6) is 0 Å². The Labute approximate surface area is 108 Å². The van der Waals surface area contributed by atoms with Gasteiger partial charge in [0.25, 0.3) is 0 Å². The molecule has 1 aromatic heterocycles. The monoisotopic (exact) mass is 271 g/mol. The molecule has 0 saturated carbocycles. The standard InChI is InChI=1S/C12H21NO2SSi/c1-17(2,3)9-11(16-8-6-13)12(14)10-5-4-7-15-10/h4-5,7,11H,6,8-9,13H2,1-3H3. The van der Waals surface area contributed by atoms with E-state index in [4.69, 9.17) is 10.2 Å². The minimum Gasteiger partial charge on any atom is -0.461 e. The number of hydrogen-bond acceptors (Lipinski definition) is 4. The molecule has 17 heavy (non-hydrogen) atoms. The summed E-state index contributed by atoms with van der Waals surface area (Å²) in [6, 6.07) is 4.46. The van der Waals surface area contributed by atoms with E-state index in [0.717, 1.165) is 11.8 Å². The van der Waals surface area contributed by atoms with Crippen molar-refractivity contribution >= 4 is 25.6 Å². The summed E-state index contributed by atoms with van der Waals surface area (Å²) in [6.45, 7) is 7.44. The number of nitrogens with two attached hydrogens (primary N) is 1. The predicted molar refractivity (Wildman–Crippen MR) is 76.5 cm³/mol. The van der Waals surface area contributed by atoms with Crippen LogP contribution in [-0.4, -0.2) is 31.4 Å². The maximum absolute atomic E-state index is 12.3. The second-order valence-electron chi connectivity index (χ2n) is 5.25. The van der Waals surface area contributed by atoms with Gasteiger partial charge in [0.1, 0.15) is 0 Å². The van der Waals surface area contributed by atoms with E-state index in [9.17, 15) is 4.79 Å². The second-order valence-corrected chi connectivity index (χ2v) is 12.1. The third kappa shape index (κ3) is 5.10. The fourth-order valence-corrected chi connectivity index (χ4v) is 5.53. The van der Waals surface area contributed by atoms with Crippen LogP contribution in [0.15, 0.2) is 22.8 Å². The molecule has 5 heteroatoms. The van der Waals surface area contributed by atoms with E-state index in [2.05, 4.69) is 19.6 Å². The average molecular weight is 271 g/mol. The van der Waals surface area contributed by atoms with Crippen LogP contribution in [0.3, 0.4) is 0 Å². The highest BCUT2D eigenvalue weighted by atomic mass is 32.2. The van der Waals surface area contributed by atoms with Crippen LogP contribution in [0.2, 0.25) is 25.7 Å². The summed E-state index contributed by atoms with van der Waals surface area (Å²) in [5, 5.41) is -0.00336. The molecule has 0 bridgehead atoms. The third-order valence-electron chi connectivity index (χ3n) is 2.29. The lowest BCUT2D eigenvalue weighted by atomic mass is 10.2. The zero-order chi connectivity index (χ0) is 12.9. The number of ketones is 1. The minimum atomic E-state index is -1.27. The van der Waals surface area contributed by atoms with E-state index in [-0.39, 0.29) is 11.0 Å². The first kappa shape index (κ1) is 14.5. The van der Waals surface area contributed by atoms with Gasteiger partial charge in [-0.15, -0.1) is 11.8 Å². The van der Waals surface area contributed by atoms with E-state index < -0.39 is 8.07 Å². The molecule has 0 aliphatic carbocycles. The Morgan fingerprint density at radius 2 is 2.24 bits per heavy atom. The molecule has 0 radical (unpaired) electrons. The first-order valence-corrected chi connectivity index (χ1v) is 10.6. The Balaban J connectivity index is 2.72. The van der Waals surface area contributed by atoms with Crippen LogP contribution in [0.1, 0.15) is 10.6 Å². The van der Waals surface area contributed by atoms with E-state index in [1.807, 2.05) is 0 Å². The maximum atomic E-state index is 12.3. The molecule has 96 valence electrons. The van der Waals surface area contributed by atoms with Crippen molar-refractivity contribution in [2.24, 2.45) is 5.73 Å². The average Bonchev–Trinajstić information content (AvgIpc) is 2.74. The zero-order valence-corrected chi connectivity index (χ0v) is 12.5. The Morgan fingerprint density at radius 1 is 1.53 bits per heavy atom. The summed E-state index contributed by atoms with van der Waals surface area (Å²) in [6.07, 6.45) is 1.55. The number of thioether (sulfide) groups is 1. The molecule has 1 heterocycles. The van der Waals surface area contributed by atoms with Crippen molar-refractivity contribution in [3.05, 3.63) is 24.2 Å². The van der Waals surface area contributed by atoms with Crippen molar-refractivity contribution in [2.45, 2.75) is 30.9 Å². The van der Waals surface area contributed by atoms with Gasteiger partial charge in [0.05, 0.1) is 11.5 Å². The van der Waals surface area contributed by atoms with Gasteiger partial charge in [-0.25, -0.2) is 0 Å². The van der Waals surface area contributed by atoms with Crippen molar-refractivity contribution in [3.8, 4) is 0 Å². The first-order valence-electron chi connectivity index (χ1n) is 5.83. The number of Topliss-reactive ketones (excluding diaryl/α,β-unsaturated/α-hetero) is 1. The van der Waals surface area contributed by atoms with Crippen LogP contribution in [0.25, 0.3) is 0 Å². The van der Waals surface area contributed by atoms with Gasteiger partial charge in [-0.3, -0.25) is 4.79 Å². The molecule has 3 nitrogen and oxygen atoms in total. The van der Waals surface area contributed by atoms with Gasteiger partial charge in [0.15, 0.2) is 5.76 Å². The summed E-state index contributed by atoms with van der Waals surface area (Å²) in [5.41, 5.74) is 5.52. The summed E-state index contributed by atoms with van der Waals surface area (Å²) in [4.78, 5) is 12.3. The van der Waals surface area contributed by atoms with Gasteiger partial charge < -0.3 is 10.2 Å². The fourth-order valence-electron chi connectivity index (χ4n) is 1.57. The van der Waals surface area contributed by atoms with Crippen LogP contribution < -0.4 is 5.73 Å². The topological polar surface area (TPSA) is 56.2 Å². The number of hydrogen-bond donors (Lipinski definition) is 1. The van der Waals surface area contributed by atoms with Gasteiger partial charge in [-0.1, -0.05) is 19.6 Å². The highest BCUT2D eigenvalue weighted by Gasteiger charge is 2.28. The molecule has 0 saturated heterocycles. The van der Waals surface area contributed by atoms with Gasteiger partial charge in [0.2, 0.25) is 5.78 Å². The molecule has 0 aromatic carbocycles. The molecular formula is C12H21NO2SSi. The summed E-state index contributed by atoms with van der Waals surface area (Å²) < 4.78 is 5.19. The van der Waals surface area contributed by atoms with E-state index >= 15 is 0 Å². The second kappa shape index (κ2) is 6.42. The Kier molecular flexibility index (Phi) is 5.49. The highest BCUT2D eigenvalue weighted by molar-refractivity contribution is 8.00. The molecule has 0 aliphatic rings. The third-order valence-corrected chi connectivity index (χ3v) is 5.47. The normalized spacial score (nSPS) is 13.6. The van der Waals surface area contributed by atoms with Crippen LogP contribution >= 0.6 is 11.8 Å². The predicted octanol–water partition coefficient (Wildman–Crippen LogP) is 2.86. The molecule has 0 fully saturated rings. The number of furan rings is 1.